The predicted molar refractivity (Wildman–Crippen MR) is 117 cm³/mol. The van der Waals surface area contributed by atoms with E-state index in [4.69, 9.17) is 16.3 Å². The zero-order valence-corrected chi connectivity index (χ0v) is 18.3. The third kappa shape index (κ3) is 5.31. The predicted octanol–water partition coefficient (Wildman–Crippen LogP) is 4.78. The van der Waals surface area contributed by atoms with E-state index in [9.17, 15) is 4.79 Å². The van der Waals surface area contributed by atoms with Gasteiger partial charge < -0.3 is 14.6 Å². The van der Waals surface area contributed by atoms with Crippen LogP contribution >= 0.6 is 23.4 Å². The van der Waals surface area contributed by atoms with E-state index < -0.39 is 0 Å². The highest BCUT2D eigenvalue weighted by Gasteiger charge is 2.20. The number of rotatable bonds is 7. The third-order valence-corrected chi connectivity index (χ3v) is 5.87. The van der Waals surface area contributed by atoms with Crippen LogP contribution in [0.3, 0.4) is 0 Å². The van der Waals surface area contributed by atoms with E-state index in [1.807, 2.05) is 62.7 Å². The largest absolute Gasteiger partial charge is 0.484 e. The van der Waals surface area contributed by atoms with E-state index in [2.05, 4.69) is 15.5 Å². The van der Waals surface area contributed by atoms with Gasteiger partial charge in [0.05, 0.1) is 10.3 Å². The first-order valence-corrected chi connectivity index (χ1v) is 10.4. The lowest BCUT2D eigenvalue weighted by Crippen LogP contribution is -2.23. The van der Waals surface area contributed by atoms with Crippen molar-refractivity contribution in [3.8, 4) is 5.75 Å². The maximum atomic E-state index is 12.6. The second kappa shape index (κ2) is 9.33. The van der Waals surface area contributed by atoms with E-state index >= 15 is 0 Å². The molecular formula is C21H23ClN4O2S. The number of carbonyl (C=O) groups excluding carboxylic acids is 1. The fourth-order valence-corrected chi connectivity index (χ4v) is 3.62. The van der Waals surface area contributed by atoms with Crippen molar-refractivity contribution in [2.24, 2.45) is 7.05 Å². The Morgan fingerprint density at radius 3 is 2.76 bits per heavy atom. The Labute approximate surface area is 179 Å². The summed E-state index contributed by atoms with van der Waals surface area (Å²) < 4.78 is 7.55. The Kier molecular flexibility index (Phi) is 6.82. The number of aromatic nitrogens is 3. The lowest BCUT2D eigenvalue weighted by Gasteiger charge is -2.14. The summed E-state index contributed by atoms with van der Waals surface area (Å²) in [7, 11) is 1.85. The summed E-state index contributed by atoms with van der Waals surface area (Å²) in [5.41, 5.74) is 2.95. The Bertz CT molecular complexity index is 1020. The molecule has 0 radical (unpaired) electrons. The topological polar surface area (TPSA) is 69.0 Å². The van der Waals surface area contributed by atoms with Crippen LogP contribution < -0.4 is 10.1 Å². The van der Waals surface area contributed by atoms with Gasteiger partial charge in [-0.1, -0.05) is 47.6 Å². The summed E-state index contributed by atoms with van der Waals surface area (Å²) in [5.74, 6) is 1.16. The summed E-state index contributed by atoms with van der Waals surface area (Å²) in [6, 6.07) is 13.3. The zero-order chi connectivity index (χ0) is 21.0. The second-order valence-corrected chi connectivity index (χ2v) is 8.46. The first-order valence-electron chi connectivity index (χ1n) is 9.15. The van der Waals surface area contributed by atoms with Crippen molar-refractivity contribution in [3.63, 3.8) is 0 Å². The van der Waals surface area contributed by atoms with Crippen molar-refractivity contribution in [3.05, 3.63) is 64.4 Å². The number of nitrogens with one attached hydrogen (secondary N) is 1. The molecule has 0 saturated heterocycles. The van der Waals surface area contributed by atoms with E-state index in [0.29, 0.717) is 21.8 Å². The minimum atomic E-state index is -0.338. The molecule has 3 aromatic rings. The van der Waals surface area contributed by atoms with E-state index in [1.165, 1.54) is 11.8 Å². The molecule has 2 aromatic carbocycles. The molecule has 0 saturated carbocycles. The standard InChI is InChI=1S/C21H23ClN4O2S/c1-13-9-10-14(2)17(11-13)23-20(27)15(3)29-21-25-24-19(26(21)4)12-28-18-8-6-5-7-16(18)22/h5-11,15H,12H2,1-4H3,(H,23,27). The van der Waals surface area contributed by atoms with Crippen LogP contribution in [0.1, 0.15) is 23.9 Å². The number of anilines is 1. The average molecular weight is 431 g/mol. The molecule has 0 bridgehead atoms. The van der Waals surface area contributed by atoms with Crippen molar-refractivity contribution >= 4 is 35.0 Å². The molecule has 0 aliphatic carbocycles. The second-order valence-electron chi connectivity index (χ2n) is 6.74. The number of thioether (sulfide) groups is 1. The summed E-state index contributed by atoms with van der Waals surface area (Å²) >= 11 is 7.46. The van der Waals surface area contributed by atoms with Gasteiger partial charge in [0.25, 0.3) is 0 Å². The van der Waals surface area contributed by atoms with Crippen LogP contribution in [0.15, 0.2) is 47.6 Å². The van der Waals surface area contributed by atoms with E-state index in [-0.39, 0.29) is 17.8 Å². The molecule has 152 valence electrons. The van der Waals surface area contributed by atoms with Crippen molar-refractivity contribution in [1.82, 2.24) is 14.8 Å². The van der Waals surface area contributed by atoms with Crippen molar-refractivity contribution in [2.45, 2.75) is 37.8 Å². The molecule has 1 atom stereocenters. The molecule has 0 aliphatic heterocycles. The zero-order valence-electron chi connectivity index (χ0n) is 16.8. The summed E-state index contributed by atoms with van der Waals surface area (Å²) in [6.45, 7) is 6.05. The van der Waals surface area contributed by atoms with Gasteiger partial charge in [0.1, 0.15) is 12.4 Å². The van der Waals surface area contributed by atoms with Gasteiger partial charge in [0.15, 0.2) is 11.0 Å². The molecule has 6 nitrogen and oxygen atoms in total. The number of carbonyl (C=O) groups is 1. The number of benzene rings is 2. The lowest BCUT2D eigenvalue weighted by molar-refractivity contribution is -0.115. The first kappa shape index (κ1) is 21.2. The molecule has 0 fully saturated rings. The van der Waals surface area contributed by atoms with Gasteiger partial charge in [-0.2, -0.15) is 0 Å². The van der Waals surface area contributed by atoms with Crippen LogP contribution in [0.5, 0.6) is 5.75 Å². The lowest BCUT2D eigenvalue weighted by atomic mass is 10.1. The summed E-state index contributed by atoms with van der Waals surface area (Å²) in [6.07, 6.45) is 0. The smallest absolute Gasteiger partial charge is 0.237 e. The maximum absolute atomic E-state index is 12.6. The molecule has 1 aromatic heterocycles. The SMILES string of the molecule is Cc1ccc(C)c(NC(=O)C(C)Sc2nnc(COc3ccccc3Cl)n2C)c1. The molecule has 0 aliphatic rings. The van der Waals surface area contributed by atoms with Crippen LogP contribution in [0.2, 0.25) is 5.02 Å². The quantitative estimate of drug-likeness (QED) is 0.546. The minimum Gasteiger partial charge on any atom is -0.484 e. The molecule has 8 heteroatoms. The Morgan fingerprint density at radius 1 is 1.24 bits per heavy atom. The van der Waals surface area contributed by atoms with Gasteiger partial charge in [-0.25, -0.2) is 0 Å². The average Bonchev–Trinajstić information content (AvgIpc) is 3.03. The number of halogens is 1. The molecule has 1 unspecified atom stereocenters. The monoisotopic (exact) mass is 430 g/mol. The van der Waals surface area contributed by atoms with Gasteiger partial charge in [0.2, 0.25) is 5.91 Å². The van der Waals surface area contributed by atoms with Gasteiger partial charge >= 0.3 is 0 Å². The fraction of sp³-hybridized carbons (Fsp3) is 0.286. The molecule has 1 heterocycles. The number of aryl methyl sites for hydroxylation is 2. The number of ether oxygens (including phenoxy) is 1. The summed E-state index contributed by atoms with van der Waals surface area (Å²) in [4.78, 5) is 12.6. The highest BCUT2D eigenvalue weighted by molar-refractivity contribution is 8.00. The van der Waals surface area contributed by atoms with Gasteiger partial charge in [-0.3, -0.25) is 4.79 Å². The van der Waals surface area contributed by atoms with Crippen LogP contribution in [0.25, 0.3) is 0 Å². The van der Waals surface area contributed by atoms with Crippen LogP contribution in [-0.2, 0) is 18.4 Å². The van der Waals surface area contributed by atoms with Crippen molar-refractivity contribution < 1.29 is 9.53 Å². The molecule has 1 N–H and O–H groups in total. The molecule has 3 rings (SSSR count). The van der Waals surface area contributed by atoms with Crippen molar-refractivity contribution in [2.75, 3.05) is 5.32 Å². The van der Waals surface area contributed by atoms with Gasteiger partial charge in [-0.05, 0) is 50.1 Å². The highest BCUT2D eigenvalue weighted by atomic mass is 35.5. The molecule has 1 amide bonds. The Balaban J connectivity index is 1.62. The molecule has 29 heavy (non-hydrogen) atoms. The number of amides is 1. The third-order valence-electron chi connectivity index (χ3n) is 4.42. The van der Waals surface area contributed by atoms with Crippen LogP contribution in [-0.4, -0.2) is 25.9 Å². The number of hydrogen-bond donors (Lipinski definition) is 1. The van der Waals surface area contributed by atoms with Gasteiger partial charge in [-0.15, -0.1) is 10.2 Å². The number of hydrogen-bond acceptors (Lipinski definition) is 5. The highest BCUT2D eigenvalue weighted by Crippen LogP contribution is 2.26. The molecular weight excluding hydrogens is 408 g/mol. The Hall–Kier alpha value is -2.51. The summed E-state index contributed by atoms with van der Waals surface area (Å²) in [5, 5.41) is 12.2. The first-order chi connectivity index (χ1) is 13.8. The number of nitrogens with zero attached hydrogens (tertiary/aromatic N) is 3. The maximum Gasteiger partial charge on any atom is 0.237 e. The normalized spacial score (nSPS) is 11.9. The van der Waals surface area contributed by atoms with Crippen LogP contribution in [0.4, 0.5) is 5.69 Å². The Morgan fingerprint density at radius 2 is 2.00 bits per heavy atom. The number of para-hydroxylation sites is 1. The van der Waals surface area contributed by atoms with E-state index in [1.54, 1.807) is 12.1 Å². The van der Waals surface area contributed by atoms with Crippen LogP contribution in [0, 0.1) is 13.8 Å². The minimum absolute atomic E-state index is 0.0828. The van der Waals surface area contributed by atoms with Gasteiger partial charge in [0, 0.05) is 12.7 Å². The fourth-order valence-electron chi connectivity index (χ4n) is 2.59. The molecule has 0 spiro atoms. The van der Waals surface area contributed by atoms with E-state index in [0.717, 1.165) is 16.8 Å². The van der Waals surface area contributed by atoms with Crippen molar-refractivity contribution in [1.29, 1.82) is 0 Å².